The number of nitrogens with one attached hydrogen (secondary N) is 1. The van der Waals surface area contributed by atoms with Gasteiger partial charge in [0.1, 0.15) is 11.7 Å². The van der Waals surface area contributed by atoms with Gasteiger partial charge in [-0.15, -0.1) is 0 Å². The van der Waals surface area contributed by atoms with Crippen molar-refractivity contribution >= 4 is 12.1 Å². The fourth-order valence-corrected chi connectivity index (χ4v) is 6.01. The maximum absolute atomic E-state index is 13.1. The summed E-state index contributed by atoms with van der Waals surface area (Å²) >= 11 is 0. The van der Waals surface area contributed by atoms with Gasteiger partial charge in [-0.3, -0.25) is 4.79 Å². The van der Waals surface area contributed by atoms with Crippen LogP contribution in [0.2, 0.25) is 0 Å². The minimum absolute atomic E-state index is 0.0100. The summed E-state index contributed by atoms with van der Waals surface area (Å²) in [6.45, 7) is 13.4. The molecule has 0 aromatic heterocycles. The molecule has 11 heteroatoms. The number of epoxide rings is 1. The molecule has 0 aliphatic carbocycles. The number of aliphatic hydroxyl groups excluding tert-OH is 2. The molecular formula is C34H56N2O9. The van der Waals surface area contributed by atoms with Gasteiger partial charge in [-0.25, -0.2) is 4.79 Å². The molecule has 1 amide bonds. The Morgan fingerprint density at radius 2 is 2.04 bits per heavy atom. The molecule has 10 unspecified atom stereocenters. The van der Waals surface area contributed by atoms with E-state index in [1.54, 1.807) is 49.1 Å². The van der Waals surface area contributed by atoms with E-state index in [1.165, 1.54) is 0 Å². The summed E-state index contributed by atoms with van der Waals surface area (Å²) in [6.07, 6.45) is 6.50. The lowest BCUT2D eigenvalue weighted by atomic mass is 9.88. The minimum atomic E-state index is -1.48. The van der Waals surface area contributed by atoms with Crippen molar-refractivity contribution in [1.29, 1.82) is 0 Å². The van der Waals surface area contributed by atoms with Gasteiger partial charge in [0, 0.05) is 37.9 Å². The van der Waals surface area contributed by atoms with E-state index in [0.29, 0.717) is 38.0 Å². The average Bonchev–Trinajstić information content (AvgIpc) is 3.78. The van der Waals surface area contributed by atoms with Crippen molar-refractivity contribution in [2.24, 2.45) is 11.8 Å². The lowest BCUT2D eigenvalue weighted by Gasteiger charge is -2.34. The highest BCUT2D eigenvalue weighted by atomic mass is 16.6. The Kier molecular flexibility index (Phi) is 13.6. The highest BCUT2D eigenvalue weighted by molar-refractivity contribution is 5.70. The van der Waals surface area contributed by atoms with E-state index in [1.807, 2.05) is 27.7 Å². The van der Waals surface area contributed by atoms with Crippen molar-refractivity contribution in [3.05, 3.63) is 36.0 Å². The number of rotatable bonds is 9. The molecular weight excluding hydrogens is 580 g/mol. The predicted octanol–water partition coefficient (Wildman–Crippen LogP) is 3.00. The third kappa shape index (κ3) is 11.5. The summed E-state index contributed by atoms with van der Waals surface area (Å²) in [5.41, 5.74) is -1.93. The van der Waals surface area contributed by atoms with Gasteiger partial charge in [0.15, 0.2) is 6.10 Å². The molecule has 3 aliphatic rings. The Morgan fingerprint density at radius 1 is 1.31 bits per heavy atom. The topological polar surface area (TPSA) is 161 Å². The van der Waals surface area contributed by atoms with E-state index in [0.717, 1.165) is 13.0 Å². The monoisotopic (exact) mass is 636 g/mol. The zero-order chi connectivity index (χ0) is 33.4. The van der Waals surface area contributed by atoms with Crippen molar-refractivity contribution in [3.63, 3.8) is 0 Å². The van der Waals surface area contributed by atoms with Gasteiger partial charge in [0.25, 0.3) is 0 Å². The Bertz CT molecular complexity index is 1060. The van der Waals surface area contributed by atoms with E-state index in [9.17, 15) is 30.0 Å². The third-order valence-corrected chi connectivity index (χ3v) is 9.19. The second-order valence-corrected chi connectivity index (χ2v) is 13.6. The second kappa shape index (κ2) is 16.5. The maximum Gasteiger partial charge on any atom is 0.410 e. The number of carbonyl (C=O) groups is 2. The number of cyclic esters (lactones) is 1. The molecule has 0 radical (unpaired) electrons. The smallest absolute Gasteiger partial charge is 0.410 e. The molecule has 0 bridgehead atoms. The Labute approximate surface area is 268 Å². The van der Waals surface area contributed by atoms with E-state index >= 15 is 0 Å². The van der Waals surface area contributed by atoms with Crippen LogP contribution in [-0.4, -0.2) is 111 Å². The average molecular weight is 637 g/mol. The quantitative estimate of drug-likeness (QED) is 0.110. The van der Waals surface area contributed by atoms with Crippen LogP contribution < -0.4 is 5.32 Å². The van der Waals surface area contributed by atoms with Crippen LogP contribution in [0.25, 0.3) is 0 Å². The summed E-state index contributed by atoms with van der Waals surface area (Å²) in [7, 11) is 0. The largest absolute Gasteiger partial charge is 0.457 e. The fraction of sp³-hybridized carbons (Fsp3) is 0.765. The number of hydrogen-bond acceptors (Lipinski definition) is 10. The zero-order valence-corrected chi connectivity index (χ0v) is 27.9. The van der Waals surface area contributed by atoms with Crippen molar-refractivity contribution in [2.75, 3.05) is 26.2 Å². The molecule has 45 heavy (non-hydrogen) atoms. The number of amides is 1. The van der Waals surface area contributed by atoms with E-state index in [-0.39, 0.29) is 43.3 Å². The van der Waals surface area contributed by atoms with Crippen LogP contribution in [0.5, 0.6) is 0 Å². The summed E-state index contributed by atoms with van der Waals surface area (Å²) < 4.78 is 17.4. The molecule has 0 spiro atoms. The number of ether oxygens (including phenoxy) is 3. The Balaban J connectivity index is 1.75. The summed E-state index contributed by atoms with van der Waals surface area (Å²) in [6, 6.07) is 0. The minimum Gasteiger partial charge on any atom is -0.457 e. The van der Waals surface area contributed by atoms with Crippen molar-refractivity contribution < 1.29 is 44.2 Å². The van der Waals surface area contributed by atoms with Crippen molar-refractivity contribution in [1.82, 2.24) is 10.2 Å². The molecule has 11 nitrogen and oxygen atoms in total. The number of hydrogen-bond donors (Lipinski definition) is 5. The highest BCUT2D eigenvalue weighted by Gasteiger charge is 2.47. The lowest BCUT2D eigenvalue weighted by molar-refractivity contribution is -0.151. The maximum atomic E-state index is 13.1. The third-order valence-electron chi connectivity index (χ3n) is 9.19. The first kappa shape index (κ1) is 37.2. The van der Waals surface area contributed by atoms with E-state index < -0.39 is 47.7 Å². The molecule has 3 aliphatic heterocycles. The molecule has 0 saturated carbocycles. The first-order valence-electron chi connectivity index (χ1n) is 16.5. The Morgan fingerprint density at radius 3 is 2.76 bits per heavy atom. The molecule has 3 rings (SSSR count). The number of esters is 1. The molecule has 2 saturated heterocycles. The standard InChI is InChI=1S/C34H56N2O9/c1-7-26(38)24(4)31-27(43-31)21-33(5,41)14-8-10-22(2)30-23(3)11-12-28(44-32(40)36-18-9-16-35-17-19-36)34(6,42)15-13-25(37)20-29(39)45-30/h8,10-12,14,23-28,30-31,35,37-38,41-42H,7,9,13,15-21H2,1-6H3. The van der Waals surface area contributed by atoms with Crippen LogP contribution in [0.15, 0.2) is 36.0 Å². The summed E-state index contributed by atoms with van der Waals surface area (Å²) in [4.78, 5) is 27.5. The number of nitrogens with zero attached hydrogens (tertiary/aromatic N) is 1. The second-order valence-electron chi connectivity index (χ2n) is 13.6. The number of aliphatic hydroxyl groups is 4. The summed E-state index contributed by atoms with van der Waals surface area (Å²) in [5, 5.41) is 46.3. The predicted molar refractivity (Wildman–Crippen MR) is 170 cm³/mol. The molecule has 0 aromatic carbocycles. The summed E-state index contributed by atoms with van der Waals surface area (Å²) in [5.74, 6) is -0.943. The van der Waals surface area contributed by atoms with Gasteiger partial charge < -0.3 is 44.9 Å². The number of carbonyl (C=O) groups excluding carboxylic acids is 2. The van der Waals surface area contributed by atoms with Crippen molar-refractivity contribution in [2.45, 2.75) is 128 Å². The molecule has 2 fully saturated rings. The number of allylic oxidation sites excluding steroid dienone is 2. The van der Waals surface area contributed by atoms with E-state index in [2.05, 4.69) is 5.32 Å². The lowest BCUT2D eigenvalue weighted by Crippen LogP contribution is -2.45. The molecule has 256 valence electrons. The molecule has 0 aromatic rings. The van der Waals surface area contributed by atoms with Crippen LogP contribution in [0.1, 0.15) is 80.1 Å². The SMILES string of the molecule is CCC(O)C(C)C1OC1CC(C)(O)C=CC=C(C)C1OC(=O)CC(O)CCC(C)(O)C(OC(=O)N2CCCNCC2)C=CC1C. The zero-order valence-electron chi connectivity index (χ0n) is 27.9. The highest BCUT2D eigenvalue weighted by Crippen LogP contribution is 2.37. The van der Waals surface area contributed by atoms with Gasteiger partial charge in [0.2, 0.25) is 0 Å². The molecule has 10 atom stereocenters. The van der Waals surface area contributed by atoms with Gasteiger partial charge in [0.05, 0.1) is 36.4 Å². The molecule has 5 N–H and O–H groups in total. The van der Waals surface area contributed by atoms with Crippen molar-refractivity contribution in [3.8, 4) is 0 Å². The normalized spacial score (nSPS) is 34.9. The first-order valence-corrected chi connectivity index (χ1v) is 16.5. The fourth-order valence-electron chi connectivity index (χ4n) is 6.01. The van der Waals surface area contributed by atoms with Crippen LogP contribution in [-0.2, 0) is 19.0 Å². The van der Waals surface area contributed by atoms with Crippen LogP contribution in [0.3, 0.4) is 0 Å². The van der Waals surface area contributed by atoms with E-state index in [4.69, 9.17) is 14.2 Å². The first-order chi connectivity index (χ1) is 21.1. The molecule has 3 heterocycles. The van der Waals surface area contributed by atoms with Gasteiger partial charge >= 0.3 is 12.1 Å². The van der Waals surface area contributed by atoms with Crippen LogP contribution in [0, 0.1) is 11.8 Å². The Hall–Kier alpha value is -2.28. The van der Waals surface area contributed by atoms with Gasteiger partial charge in [-0.2, -0.15) is 0 Å². The van der Waals surface area contributed by atoms with Crippen LogP contribution >= 0.6 is 0 Å². The van der Waals surface area contributed by atoms with Gasteiger partial charge in [-0.1, -0.05) is 45.1 Å². The van der Waals surface area contributed by atoms with Gasteiger partial charge in [-0.05, 0) is 64.6 Å². The van der Waals surface area contributed by atoms with Crippen LogP contribution in [0.4, 0.5) is 4.79 Å².